The summed E-state index contributed by atoms with van der Waals surface area (Å²) in [6, 6.07) is 8.02. The maximum atomic E-state index is 13.6. The Bertz CT molecular complexity index is 809. The number of aromatic nitrogens is 5. The summed E-state index contributed by atoms with van der Waals surface area (Å²) < 4.78 is 16.6. The van der Waals surface area contributed by atoms with E-state index in [0.717, 1.165) is 0 Å². The van der Waals surface area contributed by atoms with Gasteiger partial charge in [0.15, 0.2) is 5.69 Å². The number of anilines is 1. The van der Waals surface area contributed by atoms with Gasteiger partial charge >= 0.3 is 0 Å². The first-order valence-corrected chi connectivity index (χ1v) is 6.55. The van der Waals surface area contributed by atoms with Crippen molar-refractivity contribution in [2.24, 2.45) is 7.05 Å². The molecule has 0 aliphatic carbocycles. The van der Waals surface area contributed by atoms with Crippen molar-refractivity contribution in [3.63, 3.8) is 0 Å². The SMILES string of the molecule is Cn1ccc(C(=O)Nc2ncn(Cc3ccccc3F)n2)n1. The first-order valence-electron chi connectivity index (χ1n) is 6.55. The Labute approximate surface area is 125 Å². The van der Waals surface area contributed by atoms with Gasteiger partial charge in [-0.3, -0.25) is 14.8 Å². The maximum absolute atomic E-state index is 13.6. The molecule has 0 unspecified atom stereocenters. The first-order chi connectivity index (χ1) is 10.6. The van der Waals surface area contributed by atoms with Gasteiger partial charge in [0.05, 0.1) is 6.54 Å². The summed E-state index contributed by atoms with van der Waals surface area (Å²) in [7, 11) is 1.72. The number of benzene rings is 1. The highest BCUT2D eigenvalue weighted by Crippen LogP contribution is 2.09. The largest absolute Gasteiger partial charge is 0.288 e. The molecule has 3 aromatic rings. The molecular formula is C14H13FN6O. The lowest BCUT2D eigenvalue weighted by Gasteiger charge is -2.02. The van der Waals surface area contributed by atoms with E-state index in [2.05, 4.69) is 20.5 Å². The molecule has 1 amide bonds. The summed E-state index contributed by atoms with van der Waals surface area (Å²) in [5.41, 5.74) is 0.767. The predicted octanol–water partition coefficient (Wildman–Crippen LogP) is 1.45. The fourth-order valence-corrected chi connectivity index (χ4v) is 1.93. The molecule has 112 valence electrons. The van der Waals surface area contributed by atoms with Crippen molar-refractivity contribution < 1.29 is 9.18 Å². The molecule has 0 fully saturated rings. The van der Waals surface area contributed by atoms with Crippen LogP contribution < -0.4 is 5.32 Å². The Hall–Kier alpha value is -3.03. The Morgan fingerprint density at radius 3 is 2.82 bits per heavy atom. The third-order valence-corrected chi connectivity index (χ3v) is 3.00. The highest BCUT2D eigenvalue weighted by molar-refractivity contribution is 6.01. The number of hydrogen-bond acceptors (Lipinski definition) is 4. The highest BCUT2D eigenvalue weighted by atomic mass is 19.1. The van der Waals surface area contributed by atoms with E-state index in [-0.39, 0.29) is 24.0 Å². The van der Waals surface area contributed by atoms with E-state index in [0.29, 0.717) is 5.56 Å². The van der Waals surface area contributed by atoms with Crippen LogP contribution in [0.1, 0.15) is 16.1 Å². The van der Waals surface area contributed by atoms with Crippen molar-refractivity contribution in [2.45, 2.75) is 6.54 Å². The molecule has 7 nitrogen and oxygen atoms in total. The molecule has 8 heteroatoms. The summed E-state index contributed by atoms with van der Waals surface area (Å²) in [5, 5.41) is 10.6. The van der Waals surface area contributed by atoms with Crippen LogP contribution in [0.25, 0.3) is 0 Å². The number of halogens is 1. The highest BCUT2D eigenvalue weighted by Gasteiger charge is 2.12. The van der Waals surface area contributed by atoms with Gasteiger partial charge in [-0.1, -0.05) is 18.2 Å². The number of aryl methyl sites for hydroxylation is 1. The second-order valence-electron chi connectivity index (χ2n) is 4.69. The predicted molar refractivity (Wildman–Crippen MR) is 76.7 cm³/mol. The molecule has 0 aliphatic heterocycles. The Balaban J connectivity index is 1.69. The Morgan fingerprint density at radius 1 is 1.27 bits per heavy atom. The van der Waals surface area contributed by atoms with E-state index in [1.165, 1.54) is 21.8 Å². The fourth-order valence-electron chi connectivity index (χ4n) is 1.93. The lowest BCUT2D eigenvalue weighted by molar-refractivity contribution is 0.102. The van der Waals surface area contributed by atoms with Crippen LogP contribution in [-0.4, -0.2) is 30.5 Å². The monoisotopic (exact) mass is 300 g/mol. The van der Waals surface area contributed by atoms with Crippen molar-refractivity contribution in [1.82, 2.24) is 24.5 Å². The van der Waals surface area contributed by atoms with Gasteiger partial charge in [-0.2, -0.15) is 5.10 Å². The zero-order valence-corrected chi connectivity index (χ0v) is 11.8. The van der Waals surface area contributed by atoms with E-state index in [9.17, 15) is 9.18 Å². The van der Waals surface area contributed by atoms with Gasteiger partial charge in [0.2, 0.25) is 5.95 Å². The minimum absolute atomic E-state index is 0.145. The summed E-state index contributed by atoms with van der Waals surface area (Å²) in [6.45, 7) is 0.235. The number of nitrogens with zero attached hydrogens (tertiary/aromatic N) is 5. The van der Waals surface area contributed by atoms with Crippen molar-refractivity contribution in [3.8, 4) is 0 Å². The quantitative estimate of drug-likeness (QED) is 0.791. The zero-order valence-electron chi connectivity index (χ0n) is 11.8. The van der Waals surface area contributed by atoms with Crippen LogP contribution in [0, 0.1) is 5.82 Å². The minimum Gasteiger partial charge on any atom is -0.288 e. The molecule has 1 N–H and O–H groups in total. The molecule has 1 aromatic carbocycles. The fraction of sp³-hybridized carbons (Fsp3) is 0.143. The molecule has 0 aliphatic rings. The number of amides is 1. The number of nitrogens with one attached hydrogen (secondary N) is 1. The molecule has 0 radical (unpaired) electrons. The second-order valence-corrected chi connectivity index (χ2v) is 4.69. The van der Waals surface area contributed by atoms with Crippen LogP contribution in [0.2, 0.25) is 0 Å². The van der Waals surface area contributed by atoms with Gasteiger partial charge in [-0.25, -0.2) is 14.1 Å². The first kappa shape index (κ1) is 13.9. The van der Waals surface area contributed by atoms with Crippen LogP contribution >= 0.6 is 0 Å². The van der Waals surface area contributed by atoms with Crippen LogP contribution in [-0.2, 0) is 13.6 Å². The number of carbonyl (C=O) groups is 1. The molecular weight excluding hydrogens is 287 g/mol. The number of rotatable bonds is 4. The summed E-state index contributed by atoms with van der Waals surface area (Å²) in [4.78, 5) is 15.9. The third-order valence-electron chi connectivity index (χ3n) is 3.00. The molecule has 22 heavy (non-hydrogen) atoms. The van der Waals surface area contributed by atoms with E-state index >= 15 is 0 Å². The number of hydrogen-bond donors (Lipinski definition) is 1. The molecule has 2 heterocycles. The van der Waals surface area contributed by atoms with Crippen LogP contribution in [0.5, 0.6) is 0 Å². The smallest absolute Gasteiger partial charge is 0.278 e. The van der Waals surface area contributed by atoms with E-state index in [1.54, 1.807) is 37.5 Å². The molecule has 0 spiro atoms. The molecule has 0 saturated carbocycles. The van der Waals surface area contributed by atoms with Crippen molar-refractivity contribution in [3.05, 3.63) is 59.9 Å². The minimum atomic E-state index is -0.399. The summed E-state index contributed by atoms with van der Waals surface area (Å²) >= 11 is 0. The van der Waals surface area contributed by atoms with Gasteiger partial charge in [-0.15, -0.1) is 5.10 Å². The maximum Gasteiger partial charge on any atom is 0.278 e. The molecule has 0 saturated heterocycles. The van der Waals surface area contributed by atoms with Gasteiger partial charge in [-0.05, 0) is 12.1 Å². The van der Waals surface area contributed by atoms with Crippen molar-refractivity contribution in [2.75, 3.05) is 5.32 Å². The molecule has 0 bridgehead atoms. The Kier molecular flexibility index (Phi) is 3.65. The third kappa shape index (κ3) is 3.00. The van der Waals surface area contributed by atoms with E-state index in [4.69, 9.17) is 0 Å². The molecule has 3 rings (SSSR count). The van der Waals surface area contributed by atoms with Gasteiger partial charge in [0.1, 0.15) is 12.1 Å². The lowest BCUT2D eigenvalue weighted by atomic mass is 10.2. The second kappa shape index (κ2) is 5.76. The standard InChI is InChI=1S/C14H13FN6O/c1-20-7-6-12(18-20)13(22)17-14-16-9-21(19-14)8-10-4-2-3-5-11(10)15/h2-7,9H,8H2,1H3,(H,17,19,22). The van der Waals surface area contributed by atoms with Crippen LogP contribution in [0.4, 0.5) is 10.3 Å². The average molecular weight is 300 g/mol. The zero-order chi connectivity index (χ0) is 15.5. The summed E-state index contributed by atoms with van der Waals surface area (Å²) in [6.07, 6.45) is 3.10. The summed E-state index contributed by atoms with van der Waals surface area (Å²) in [5.74, 6) is -0.562. The molecule has 2 aromatic heterocycles. The van der Waals surface area contributed by atoms with Gasteiger partial charge < -0.3 is 0 Å². The average Bonchev–Trinajstić information content (AvgIpc) is 3.11. The number of carbonyl (C=O) groups excluding carboxylic acids is 1. The molecule has 0 atom stereocenters. The van der Waals surface area contributed by atoms with Crippen molar-refractivity contribution in [1.29, 1.82) is 0 Å². The van der Waals surface area contributed by atoms with E-state index in [1.807, 2.05) is 0 Å². The van der Waals surface area contributed by atoms with Gasteiger partial charge in [0, 0.05) is 18.8 Å². The lowest BCUT2D eigenvalue weighted by Crippen LogP contribution is -2.14. The Morgan fingerprint density at radius 2 is 2.09 bits per heavy atom. The van der Waals surface area contributed by atoms with Crippen molar-refractivity contribution >= 4 is 11.9 Å². The van der Waals surface area contributed by atoms with Crippen LogP contribution in [0.15, 0.2) is 42.9 Å². The van der Waals surface area contributed by atoms with E-state index < -0.39 is 5.91 Å². The normalized spacial score (nSPS) is 10.6. The van der Waals surface area contributed by atoms with Gasteiger partial charge in [0.25, 0.3) is 5.91 Å². The van der Waals surface area contributed by atoms with Crippen LogP contribution in [0.3, 0.4) is 0 Å². The topological polar surface area (TPSA) is 77.6 Å².